The Morgan fingerprint density at radius 3 is 2.93 bits per heavy atom. The molecule has 0 aliphatic carbocycles. The van der Waals surface area contributed by atoms with Crippen molar-refractivity contribution in [3.63, 3.8) is 0 Å². The Morgan fingerprint density at radius 2 is 2.21 bits per heavy atom. The molecule has 0 atom stereocenters. The summed E-state index contributed by atoms with van der Waals surface area (Å²) < 4.78 is 5.40. The largest absolute Gasteiger partial charge is 0.476 e. The van der Waals surface area contributed by atoms with Crippen LogP contribution in [0.15, 0.2) is 12.1 Å². The summed E-state index contributed by atoms with van der Waals surface area (Å²) in [6, 6.07) is 3.35. The van der Waals surface area contributed by atoms with Crippen LogP contribution >= 0.6 is 11.6 Å². The van der Waals surface area contributed by atoms with E-state index in [1.54, 1.807) is 12.1 Å². The highest BCUT2D eigenvalue weighted by atomic mass is 35.5. The van der Waals surface area contributed by atoms with E-state index < -0.39 is 0 Å². The smallest absolute Gasteiger partial charge is 0.238 e. The van der Waals surface area contributed by atoms with Crippen LogP contribution in [-0.4, -0.2) is 11.6 Å². The predicted octanol–water partition coefficient (Wildman–Crippen LogP) is 2.89. The van der Waals surface area contributed by atoms with Gasteiger partial charge in [0.15, 0.2) is 0 Å². The van der Waals surface area contributed by atoms with E-state index in [0.29, 0.717) is 23.3 Å². The molecule has 2 N–H and O–H groups in total. The first-order valence-corrected chi connectivity index (χ1v) is 5.16. The van der Waals surface area contributed by atoms with Crippen molar-refractivity contribution in [2.45, 2.75) is 26.2 Å². The average molecular weight is 215 g/mol. The zero-order valence-corrected chi connectivity index (χ0v) is 9.05. The minimum absolute atomic E-state index is 0.407. The molecule has 14 heavy (non-hydrogen) atoms. The van der Waals surface area contributed by atoms with Gasteiger partial charge in [0.2, 0.25) is 5.88 Å². The fraction of sp³-hybridized carbons (Fsp3) is 0.500. The molecule has 0 saturated heterocycles. The summed E-state index contributed by atoms with van der Waals surface area (Å²) >= 11 is 5.71. The van der Waals surface area contributed by atoms with E-state index in [-0.39, 0.29) is 0 Å². The number of hydrogen-bond donors (Lipinski definition) is 1. The summed E-state index contributed by atoms with van der Waals surface area (Å²) in [4.78, 5) is 3.99. The van der Waals surface area contributed by atoms with Crippen molar-refractivity contribution in [1.29, 1.82) is 0 Å². The topological polar surface area (TPSA) is 48.1 Å². The van der Waals surface area contributed by atoms with Gasteiger partial charge < -0.3 is 10.5 Å². The van der Waals surface area contributed by atoms with Gasteiger partial charge in [-0.25, -0.2) is 0 Å². The second kappa shape index (κ2) is 5.70. The van der Waals surface area contributed by atoms with Crippen LogP contribution in [0.4, 0.5) is 5.69 Å². The maximum atomic E-state index is 5.71. The van der Waals surface area contributed by atoms with Crippen LogP contribution < -0.4 is 10.5 Å². The zero-order chi connectivity index (χ0) is 10.4. The minimum atomic E-state index is 0.407. The standard InChI is InChI=1S/C10H15ClN2O/c1-2-3-4-7-14-10-8(12)5-6-9(11)13-10/h5-6H,2-4,7,12H2,1H3. The number of nitrogen functional groups attached to an aromatic ring is 1. The maximum Gasteiger partial charge on any atom is 0.238 e. The summed E-state index contributed by atoms with van der Waals surface area (Å²) in [6.07, 6.45) is 3.34. The van der Waals surface area contributed by atoms with Gasteiger partial charge in [0.25, 0.3) is 0 Å². The summed E-state index contributed by atoms with van der Waals surface area (Å²) in [5.41, 5.74) is 6.19. The van der Waals surface area contributed by atoms with Gasteiger partial charge in [0.05, 0.1) is 12.3 Å². The molecule has 78 valence electrons. The molecule has 4 heteroatoms. The van der Waals surface area contributed by atoms with Crippen LogP contribution in [-0.2, 0) is 0 Å². The lowest BCUT2D eigenvalue weighted by Gasteiger charge is -2.07. The third-order valence-corrected chi connectivity index (χ3v) is 2.05. The molecule has 0 aliphatic heterocycles. The fourth-order valence-corrected chi connectivity index (χ4v) is 1.20. The summed E-state index contributed by atoms with van der Waals surface area (Å²) in [5.74, 6) is 0.439. The van der Waals surface area contributed by atoms with Crippen molar-refractivity contribution in [2.75, 3.05) is 12.3 Å². The van der Waals surface area contributed by atoms with Crippen molar-refractivity contribution in [3.8, 4) is 5.88 Å². The van der Waals surface area contributed by atoms with Crippen LogP contribution in [0.5, 0.6) is 5.88 Å². The van der Waals surface area contributed by atoms with Gasteiger partial charge in [-0.2, -0.15) is 4.98 Å². The van der Waals surface area contributed by atoms with Gasteiger partial charge in [0, 0.05) is 0 Å². The molecule has 0 aromatic carbocycles. The Bertz CT molecular complexity index is 291. The normalized spacial score (nSPS) is 10.1. The molecule has 3 nitrogen and oxygen atoms in total. The monoisotopic (exact) mass is 214 g/mol. The third kappa shape index (κ3) is 3.42. The molecule has 0 spiro atoms. The number of nitrogens with zero attached hydrogens (tertiary/aromatic N) is 1. The third-order valence-electron chi connectivity index (χ3n) is 1.84. The first-order valence-electron chi connectivity index (χ1n) is 4.79. The Morgan fingerprint density at radius 1 is 1.43 bits per heavy atom. The molecule has 0 bridgehead atoms. The van der Waals surface area contributed by atoms with Crippen molar-refractivity contribution in [2.24, 2.45) is 0 Å². The first-order chi connectivity index (χ1) is 6.74. The molecular weight excluding hydrogens is 200 g/mol. The van der Waals surface area contributed by atoms with E-state index in [2.05, 4.69) is 11.9 Å². The van der Waals surface area contributed by atoms with Crippen molar-refractivity contribution < 1.29 is 4.74 Å². The number of anilines is 1. The molecular formula is C10H15ClN2O. The highest BCUT2D eigenvalue weighted by molar-refractivity contribution is 6.29. The number of ether oxygens (including phenoxy) is 1. The van der Waals surface area contributed by atoms with Crippen LogP contribution in [0.3, 0.4) is 0 Å². The molecule has 0 fully saturated rings. The minimum Gasteiger partial charge on any atom is -0.476 e. The number of pyridine rings is 1. The van der Waals surface area contributed by atoms with E-state index in [4.69, 9.17) is 22.1 Å². The number of rotatable bonds is 5. The summed E-state index contributed by atoms with van der Waals surface area (Å²) in [6.45, 7) is 2.79. The quantitative estimate of drug-likeness (QED) is 0.606. The van der Waals surface area contributed by atoms with Crippen LogP contribution in [0.25, 0.3) is 0 Å². The van der Waals surface area contributed by atoms with E-state index >= 15 is 0 Å². The zero-order valence-electron chi connectivity index (χ0n) is 8.29. The number of hydrogen-bond acceptors (Lipinski definition) is 3. The lowest BCUT2D eigenvalue weighted by molar-refractivity contribution is 0.297. The van der Waals surface area contributed by atoms with Gasteiger partial charge in [0.1, 0.15) is 5.15 Å². The van der Waals surface area contributed by atoms with Crippen molar-refractivity contribution in [3.05, 3.63) is 17.3 Å². The number of nitrogens with two attached hydrogens (primary N) is 1. The Balaban J connectivity index is 2.45. The molecule has 1 heterocycles. The van der Waals surface area contributed by atoms with Gasteiger partial charge in [-0.15, -0.1) is 0 Å². The van der Waals surface area contributed by atoms with Crippen molar-refractivity contribution >= 4 is 17.3 Å². The Kier molecular flexibility index (Phi) is 4.53. The highest BCUT2D eigenvalue weighted by Gasteiger charge is 2.02. The molecule has 0 amide bonds. The molecule has 0 aliphatic rings. The van der Waals surface area contributed by atoms with Gasteiger partial charge in [-0.1, -0.05) is 31.4 Å². The van der Waals surface area contributed by atoms with E-state index in [9.17, 15) is 0 Å². The molecule has 1 aromatic rings. The number of halogens is 1. The summed E-state index contributed by atoms with van der Waals surface area (Å²) in [5, 5.41) is 0.407. The molecule has 0 unspecified atom stereocenters. The second-order valence-corrected chi connectivity index (χ2v) is 3.47. The maximum absolute atomic E-state index is 5.71. The predicted molar refractivity (Wildman–Crippen MR) is 58.7 cm³/mol. The molecule has 0 saturated carbocycles. The van der Waals surface area contributed by atoms with E-state index in [1.165, 1.54) is 6.42 Å². The lowest BCUT2D eigenvalue weighted by atomic mass is 10.3. The second-order valence-electron chi connectivity index (χ2n) is 3.08. The number of aromatic nitrogens is 1. The van der Waals surface area contributed by atoms with E-state index in [0.717, 1.165) is 12.8 Å². The van der Waals surface area contributed by atoms with Crippen LogP contribution in [0.2, 0.25) is 5.15 Å². The first kappa shape index (κ1) is 11.1. The van der Waals surface area contributed by atoms with E-state index in [1.807, 2.05) is 0 Å². The Hall–Kier alpha value is -0.960. The van der Waals surface area contributed by atoms with Crippen molar-refractivity contribution in [1.82, 2.24) is 4.98 Å². The van der Waals surface area contributed by atoms with Gasteiger partial charge in [-0.05, 0) is 18.6 Å². The van der Waals surface area contributed by atoms with Gasteiger partial charge in [-0.3, -0.25) is 0 Å². The Labute approximate surface area is 89.2 Å². The molecule has 1 aromatic heterocycles. The molecule has 0 radical (unpaired) electrons. The number of unbranched alkanes of at least 4 members (excludes halogenated alkanes) is 2. The summed E-state index contributed by atoms with van der Waals surface area (Å²) in [7, 11) is 0. The van der Waals surface area contributed by atoms with Crippen LogP contribution in [0, 0.1) is 0 Å². The molecule has 1 rings (SSSR count). The average Bonchev–Trinajstić information content (AvgIpc) is 2.18. The fourth-order valence-electron chi connectivity index (χ4n) is 1.07. The van der Waals surface area contributed by atoms with Gasteiger partial charge >= 0.3 is 0 Å². The van der Waals surface area contributed by atoms with Crippen LogP contribution in [0.1, 0.15) is 26.2 Å². The lowest BCUT2D eigenvalue weighted by Crippen LogP contribution is -2.02. The highest BCUT2D eigenvalue weighted by Crippen LogP contribution is 2.20. The SMILES string of the molecule is CCCCCOc1nc(Cl)ccc1N.